The van der Waals surface area contributed by atoms with E-state index in [1.54, 1.807) is 36.8 Å². The number of hydrogen-bond acceptors (Lipinski definition) is 29. The first-order valence-electron chi connectivity index (χ1n) is 33.3. The van der Waals surface area contributed by atoms with Crippen molar-refractivity contribution in [2.24, 2.45) is 17.8 Å². The summed E-state index contributed by atoms with van der Waals surface area (Å²) in [5.41, 5.74) is 6.66. The molecule has 8 aromatic rings. The van der Waals surface area contributed by atoms with Crippen LogP contribution in [0, 0.1) is 24.3 Å². The molecule has 4 bridgehead atoms. The number of nitrogens with zero attached hydrogens (tertiary/aromatic N) is 15. The van der Waals surface area contributed by atoms with Gasteiger partial charge in [0.25, 0.3) is 11.1 Å². The Bertz CT molecular complexity index is 5720. The summed E-state index contributed by atoms with van der Waals surface area (Å²) in [4.78, 5) is 113. The van der Waals surface area contributed by atoms with E-state index in [0.717, 1.165) is 0 Å². The van der Waals surface area contributed by atoms with Gasteiger partial charge in [0.05, 0.1) is 63.7 Å². The van der Waals surface area contributed by atoms with Gasteiger partial charge in [0.2, 0.25) is 24.3 Å². The van der Waals surface area contributed by atoms with Gasteiger partial charge in [-0.15, -0.1) is 0 Å². The number of amides is 1. The van der Waals surface area contributed by atoms with Gasteiger partial charge in [0.1, 0.15) is 67.4 Å². The zero-order valence-corrected chi connectivity index (χ0v) is 166. The van der Waals surface area contributed by atoms with Crippen molar-refractivity contribution < 1.29 is 86.6 Å². The second-order valence-corrected chi connectivity index (χ2v) is 1070. The number of aromatic amines is 2. The van der Waals surface area contributed by atoms with Crippen molar-refractivity contribution in [1.82, 2.24) is 78.1 Å². The van der Waals surface area contributed by atoms with Crippen molar-refractivity contribution in [2.45, 2.75) is 98.3 Å². The van der Waals surface area contributed by atoms with Crippen molar-refractivity contribution >= 4 is 712 Å². The molecule has 135 heavy (non-hydrogen) atoms. The van der Waals surface area contributed by atoms with E-state index >= 15 is 0 Å². The Morgan fingerprint density at radius 3 is 1.43 bits per heavy atom. The summed E-state index contributed by atoms with van der Waals surface area (Å²) in [5, 5.41) is 2.58. The molecule has 0 spiro atoms. The fraction of sp³-hybridized carbons (Fsp3) is 0.532. The molecule has 8 aromatic heterocycles. The number of hydrogen-bond donors (Lipinski definition) is 7. The largest absolute Gasteiger partial charge is 0.349 e. The summed E-state index contributed by atoms with van der Waals surface area (Å²) in [6.45, 7) is -1.55. The number of nitrogens with one attached hydrogen (secondary N) is 3. The third-order valence-electron chi connectivity index (χ3n) is 15.9. The number of alkyl halides is 1. The number of carbonyl (C=O) groups is 1. The standard InChI is InChI=1S/C26H32N10O9P2S2.C19H23N9O8P2S2.CH3I44.CH4/c1-14(2)23(37)33-26-32-22-19(24(38)34-26)30-13-36(22)25-20-15(3)17(44-25)10-43-47(49,40-7-5-27-4)41-8-6-35-18(11-42-46(39,48)45-20)31-16-9-28-12-29-21(16)35;1-9-11-5-33-37(30,39)32-3-2-27-12(24-10-4-21-7-22-15(10)27)6-34-38(31,40)36-14(9)18(35-11)28-8-23-13-16(28)25-19(20)26-17(13)29;1-24-26(4)28(6)30(8)32(10)34(12)36(14)38(16)40(18)42(20)44(22)45(23)43(21)41(19)39(17)37(15)35(13)33(11)31(9)29(7)27(5)25(2)3;/h9,12-15,17,20,25H,5-8,10-11H2,1-3H3,(H,39,48)(H2,32,33,34,37,38);4,7-9,11,14,18H,2-3,5-6H2,1H3,(H,30,39)(H,31,40)(H3,20,25,26,29);1H3;1H4/q;;-1;/t15-,17-,20-,25-,46?,47?;9-,11-,14-,18-,37?,38?;;/m11../s1. The van der Waals surface area contributed by atoms with Gasteiger partial charge in [-0.3, -0.25) is 47.9 Å². The maximum Gasteiger partial charge on any atom is 0.327 e. The summed E-state index contributed by atoms with van der Waals surface area (Å²) in [6.07, 6.45) is 2.94. The molecule has 0 aromatic carbocycles. The van der Waals surface area contributed by atoms with Crippen molar-refractivity contribution in [3.05, 3.63) is 81.5 Å². The predicted molar refractivity (Wildman–Crippen MR) is 941 cm³/mol. The van der Waals surface area contributed by atoms with Crippen LogP contribution in [0.4, 0.5) is 11.9 Å². The molecule has 4 aliphatic heterocycles. The maximum absolute atomic E-state index is 13.5. The minimum absolute atomic E-state index is 0. The van der Waals surface area contributed by atoms with Crippen LogP contribution in [-0.4, -0.2) is 163 Å². The molecule has 7 N–H and O–H groups in total. The van der Waals surface area contributed by atoms with Crippen LogP contribution in [0.3, 0.4) is 0 Å². The first-order chi connectivity index (χ1) is 62.9. The van der Waals surface area contributed by atoms with E-state index in [1.165, 1.54) is 46.8 Å². The summed E-state index contributed by atoms with van der Waals surface area (Å²) < 4.78 is 85.1. The number of halogens is 44. The second kappa shape index (κ2) is 71.3. The zero-order chi connectivity index (χ0) is 99.0. The molecule has 4 unspecified atom stereocenters. The monoisotopic (exact) mass is 7000 g/mol. The number of aromatic nitrogens is 16. The predicted octanol–water partition coefficient (Wildman–Crippen LogP) is 39.6. The number of imidazole rings is 4. The summed E-state index contributed by atoms with van der Waals surface area (Å²) in [7, 11) is -10.7. The van der Waals surface area contributed by atoms with E-state index < -0.39 is 245 Å². The van der Waals surface area contributed by atoms with E-state index in [2.05, 4.69) is 497 Å². The van der Waals surface area contributed by atoms with E-state index in [9.17, 15) is 28.7 Å². The Balaban J connectivity index is 0.000000227. The number of fused-ring (bicyclic) bond motifs is 12. The molecule has 800 valence electrons. The molecule has 0 aliphatic carbocycles. The van der Waals surface area contributed by atoms with Gasteiger partial charge < -0.3 is 70.6 Å². The molecule has 12 heterocycles. The number of thiol groups is 1. The van der Waals surface area contributed by atoms with E-state index in [4.69, 9.17) is 97.9 Å². The van der Waals surface area contributed by atoms with Crippen molar-refractivity contribution in [3.8, 4) is 0 Å². The molecule has 12 rings (SSSR count). The molecular formula is C47H62I44N19O17P4S4-. The summed E-state index contributed by atoms with van der Waals surface area (Å²) >= 11 is 93.2. The second-order valence-electron chi connectivity index (χ2n) is 23.9. The molecule has 12 atom stereocenters. The summed E-state index contributed by atoms with van der Waals surface area (Å²) in [6, 6.07) is 0. The number of H-pyrrole nitrogens is 2. The van der Waals surface area contributed by atoms with Crippen LogP contribution in [0.1, 0.15) is 59.2 Å². The zero-order valence-electron chi connectivity index (χ0n) is 64.6. The average Bonchev–Trinajstić information content (AvgIpc) is 1.61. The van der Waals surface area contributed by atoms with Crippen LogP contribution < -0.4 is 39.4 Å². The first-order valence-corrected chi connectivity index (χ1v) is 316. The van der Waals surface area contributed by atoms with E-state index in [0.29, 0.717) is 51.2 Å². The Morgan fingerprint density at radius 1 is 0.585 bits per heavy atom. The Labute approximate surface area is 1090 Å². The smallest absolute Gasteiger partial charge is 0.327 e. The molecule has 2 fully saturated rings. The third-order valence-corrected chi connectivity index (χ3v) is 3360. The van der Waals surface area contributed by atoms with Crippen LogP contribution in [0.2, 0.25) is 0 Å². The van der Waals surface area contributed by atoms with Crippen LogP contribution in [0.5, 0.6) is 0 Å². The number of ether oxygens (including phenoxy) is 2. The Morgan fingerprint density at radius 2 is 0.993 bits per heavy atom. The van der Waals surface area contributed by atoms with Gasteiger partial charge in [0, 0.05) is 30.8 Å². The van der Waals surface area contributed by atoms with Gasteiger partial charge in [0.15, 0.2) is 46.1 Å². The molecule has 2 saturated heterocycles. The number of carbonyl (C=O) groups excluding carboxylic acids is 1. The quantitative estimate of drug-likeness (QED) is 0.00598. The topological polar surface area (TPSA) is 433 Å². The molecule has 0 radical (unpaired) electrons. The van der Waals surface area contributed by atoms with Crippen LogP contribution in [-0.2, 0) is 121 Å². The van der Waals surface area contributed by atoms with Gasteiger partial charge in [-0.25, -0.2) is 51.0 Å². The minimum Gasteiger partial charge on any atom is -0.349 e. The van der Waals surface area contributed by atoms with E-state index in [-0.39, 0.29) is 127 Å². The van der Waals surface area contributed by atoms with Crippen molar-refractivity contribution in [3.63, 3.8) is 0 Å². The van der Waals surface area contributed by atoms with Crippen LogP contribution in [0.25, 0.3) is 49.5 Å². The minimum atomic E-state index is -4.06. The molecule has 0 saturated carbocycles. The first kappa shape index (κ1) is 145. The van der Waals surface area contributed by atoms with E-state index in [1.807, 2.05) is 0 Å². The number of nitrogen functional groups attached to an aromatic ring is 1. The number of nitrogens with two attached hydrogens (primary N) is 1. The van der Waals surface area contributed by atoms with Crippen LogP contribution in [0.15, 0.2) is 47.3 Å². The third kappa shape index (κ3) is 43.0. The fourth-order valence-corrected chi connectivity index (χ4v) is 8060. The van der Waals surface area contributed by atoms with Gasteiger partial charge in [-0.2, -0.15) is 9.97 Å². The summed E-state index contributed by atoms with van der Waals surface area (Å²) in [5.74, 6) is -1.31. The van der Waals surface area contributed by atoms with Crippen molar-refractivity contribution in [1.29, 1.82) is 0 Å². The normalized spacial score (nSPS) is 26.0. The number of anilines is 2. The maximum atomic E-state index is 13.5. The average molecular weight is 7000 g/mol. The SMILES string of the molecule is C.C[C@H]1[C@H]2OP(=O)(S)OCc3nc4cncnc4n3CCOP(O)(=S)OC[C@H]1O[C@H]2n1cnc2c(=O)[nH]c(N)nc21.C[I-]I(I)I(I)I(I)I(I)I(I)I(I)I(I)I(I)I(I)I(I)I(I)I(I)I(I)I(I)I(I)I(I)I(I)I(I)I(I)I(I)I(I)I.[C-]#[N+]CCOP1(=S)OCCn2c(nc3cncnc32)COP(O)(=S)O[C@@H]2[C@H](C)[C@@H](CO1)O[C@H]2n1cnc2c(=O)[nH]c(NC(=O)C(C)C)nc21. The Kier molecular flexibility index (Phi) is 76.6. The Hall–Kier alpha value is 26.7. The van der Waals surface area contributed by atoms with Gasteiger partial charge in [-0.05, 0) is 35.4 Å². The van der Waals surface area contributed by atoms with Gasteiger partial charge >= 0.3 is 624 Å². The van der Waals surface area contributed by atoms with Crippen molar-refractivity contribution in [2.75, 3.05) is 55.6 Å². The van der Waals surface area contributed by atoms with Crippen LogP contribution >= 0.6 is 615 Å². The van der Waals surface area contributed by atoms with Gasteiger partial charge in [-0.1, -0.05) is 47.4 Å². The molecule has 36 nitrogen and oxygen atoms in total. The number of rotatable bonds is 28. The molecule has 4 aliphatic rings. The molecule has 1 amide bonds. The fourth-order valence-electron chi connectivity index (χ4n) is 10.4. The molecular weight excluding hydrogens is 6940 g/mol. The molecule has 88 heteroatoms.